The van der Waals surface area contributed by atoms with Crippen LogP contribution in [0.4, 0.5) is 5.69 Å². The fraction of sp³-hybridized carbons (Fsp3) is 0.182. The molecule has 2 aromatic carbocycles. The van der Waals surface area contributed by atoms with E-state index >= 15 is 0 Å². The van der Waals surface area contributed by atoms with Crippen LogP contribution in [-0.2, 0) is 4.79 Å². The van der Waals surface area contributed by atoms with E-state index in [0.29, 0.717) is 11.6 Å². The van der Waals surface area contributed by atoms with Crippen LogP contribution in [0.2, 0.25) is 0 Å². The highest BCUT2D eigenvalue weighted by Crippen LogP contribution is 2.30. The molecule has 0 aliphatic rings. The van der Waals surface area contributed by atoms with Crippen LogP contribution in [-0.4, -0.2) is 15.5 Å². The fourth-order valence-corrected chi connectivity index (χ4v) is 3.37. The van der Waals surface area contributed by atoms with Crippen molar-refractivity contribution in [2.24, 2.45) is 0 Å². The van der Waals surface area contributed by atoms with Gasteiger partial charge in [0.1, 0.15) is 6.04 Å². The summed E-state index contributed by atoms with van der Waals surface area (Å²) in [5.41, 5.74) is 4.66. The second-order valence-electron chi connectivity index (χ2n) is 6.70. The number of fused-ring (bicyclic) bond motifs is 1. The summed E-state index contributed by atoms with van der Waals surface area (Å²) < 4.78 is 7.49. The molecule has 0 radical (unpaired) electrons. The Labute approximate surface area is 157 Å². The van der Waals surface area contributed by atoms with E-state index in [1.54, 1.807) is 6.26 Å². The highest BCUT2D eigenvalue weighted by Gasteiger charge is 2.24. The molecule has 1 N–H and O–H groups in total. The molecule has 0 spiro atoms. The number of rotatable bonds is 4. The predicted octanol–water partition coefficient (Wildman–Crippen LogP) is 5.11. The summed E-state index contributed by atoms with van der Waals surface area (Å²) in [7, 11) is 0. The number of anilines is 1. The van der Waals surface area contributed by atoms with Crippen molar-refractivity contribution in [3.63, 3.8) is 0 Å². The molecule has 0 aliphatic heterocycles. The van der Waals surface area contributed by atoms with Crippen LogP contribution in [0.3, 0.4) is 0 Å². The number of amides is 1. The van der Waals surface area contributed by atoms with E-state index in [2.05, 4.69) is 10.3 Å². The van der Waals surface area contributed by atoms with Gasteiger partial charge in [0.25, 0.3) is 0 Å². The molecular formula is C22H21N3O2. The van der Waals surface area contributed by atoms with Gasteiger partial charge in [-0.3, -0.25) is 4.79 Å². The van der Waals surface area contributed by atoms with Crippen LogP contribution in [0.1, 0.15) is 24.1 Å². The van der Waals surface area contributed by atoms with Gasteiger partial charge in [-0.15, -0.1) is 0 Å². The van der Waals surface area contributed by atoms with Crippen molar-refractivity contribution in [2.75, 3.05) is 5.32 Å². The third-order valence-corrected chi connectivity index (χ3v) is 4.83. The Bertz CT molecular complexity index is 1090. The molecule has 2 heterocycles. The SMILES string of the molecule is Cc1cccc(C)c1NC(=O)[C@H](C)n1c(-c2ccco2)nc2ccccc21. The zero-order valence-electron chi connectivity index (χ0n) is 15.6. The van der Waals surface area contributed by atoms with Crippen molar-refractivity contribution in [3.8, 4) is 11.6 Å². The Hall–Kier alpha value is -3.34. The van der Waals surface area contributed by atoms with Crippen LogP contribution in [0.15, 0.2) is 65.3 Å². The number of carbonyl (C=O) groups is 1. The molecule has 27 heavy (non-hydrogen) atoms. The number of carbonyl (C=O) groups excluding carboxylic acids is 1. The van der Waals surface area contributed by atoms with Crippen molar-refractivity contribution in [1.29, 1.82) is 0 Å². The quantitative estimate of drug-likeness (QED) is 0.550. The lowest BCUT2D eigenvalue weighted by Gasteiger charge is -2.19. The van der Waals surface area contributed by atoms with Gasteiger partial charge in [0.15, 0.2) is 11.6 Å². The van der Waals surface area contributed by atoms with Crippen LogP contribution >= 0.6 is 0 Å². The van der Waals surface area contributed by atoms with Gasteiger partial charge in [0.05, 0.1) is 17.3 Å². The molecule has 2 aromatic heterocycles. The minimum absolute atomic E-state index is 0.0941. The van der Waals surface area contributed by atoms with Crippen LogP contribution in [0.25, 0.3) is 22.6 Å². The van der Waals surface area contributed by atoms with Crippen LogP contribution < -0.4 is 5.32 Å². The first-order valence-electron chi connectivity index (χ1n) is 8.94. The van der Waals surface area contributed by atoms with Gasteiger partial charge in [-0.05, 0) is 56.2 Å². The summed E-state index contributed by atoms with van der Waals surface area (Å²) in [6.45, 7) is 5.87. The molecule has 0 unspecified atom stereocenters. The molecule has 5 nitrogen and oxygen atoms in total. The van der Waals surface area contributed by atoms with Gasteiger partial charge in [0, 0.05) is 5.69 Å². The van der Waals surface area contributed by atoms with E-state index in [1.807, 2.05) is 79.9 Å². The fourth-order valence-electron chi connectivity index (χ4n) is 3.37. The van der Waals surface area contributed by atoms with Crippen molar-refractivity contribution < 1.29 is 9.21 Å². The maximum atomic E-state index is 13.1. The van der Waals surface area contributed by atoms with Crippen LogP contribution in [0, 0.1) is 13.8 Å². The van der Waals surface area contributed by atoms with E-state index in [-0.39, 0.29) is 5.91 Å². The average Bonchev–Trinajstić information content (AvgIpc) is 3.31. The first kappa shape index (κ1) is 17.1. The zero-order chi connectivity index (χ0) is 19.0. The van der Waals surface area contributed by atoms with Gasteiger partial charge in [-0.25, -0.2) is 4.98 Å². The van der Waals surface area contributed by atoms with E-state index in [0.717, 1.165) is 27.8 Å². The summed E-state index contributed by atoms with van der Waals surface area (Å²) in [4.78, 5) is 17.8. The Balaban J connectivity index is 1.77. The molecule has 0 aliphatic carbocycles. The Morgan fingerprint density at radius 2 is 1.78 bits per heavy atom. The molecule has 4 aromatic rings. The summed E-state index contributed by atoms with van der Waals surface area (Å²) in [6.07, 6.45) is 1.61. The minimum atomic E-state index is -0.462. The number of nitrogens with zero attached hydrogens (tertiary/aromatic N) is 2. The maximum Gasteiger partial charge on any atom is 0.247 e. The van der Waals surface area contributed by atoms with Gasteiger partial charge < -0.3 is 14.3 Å². The minimum Gasteiger partial charge on any atom is -0.461 e. The number of hydrogen-bond acceptors (Lipinski definition) is 3. The third-order valence-electron chi connectivity index (χ3n) is 4.83. The number of aromatic nitrogens is 2. The summed E-state index contributed by atoms with van der Waals surface area (Å²) in [6, 6.07) is 17.0. The molecule has 5 heteroatoms. The normalized spacial score (nSPS) is 12.3. The second kappa shape index (κ2) is 6.76. The number of aryl methyl sites for hydroxylation is 2. The van der Waals surface area contributed by atoms with Gasteiger partial charge in [-0.1, -0.05) is 30.3 Å². The number of imidazole rings is 1. The standard InChI is InChI=1S/C22H21N3O2/c1-14-8-6-9-15(2)20(14)24-22(26)16(3)25-18-11-5-4-10-17(18)23-21(25)19-12-7-13-27-19/h4-13,16H,1-3H3,(H,24,26)/t16-/m0/s1. The van der Waals surface area contributed by atoms with E-state index < -0.39 is 6.04 Å². The summed E-state index contributed by atoms with van der Waals surface area (Å²) in [5, 5.41) is 3.09. The Kier molecular flexibility index (Phi) is 4.28. The van der Waals surface area contributed by atoms with Gasteiger partial charge in [-0.2, -0.15) is 0 Å². The average molecular weight is 359 g/mol. The van der Waals surface area contributed by atoms with E-state index in [4.69, 9.17) is 4.42 Å². The largest absolute Gasteiger partial charge is 0.461 e. The van der Waals surface area contributed by atoms with Gasteiger partial charge in [0.2, 0.25) is 5.91 Å². The number of nitrogens with one attached hydrogen (secondary N) is 1. The molecule has 0 saturated carbocycles. The zero-order valence-corrected chi connectivity index (χ0v) is 15.6. The first-order valence-corrected chi connectivity index (χ1v) is 8.94. The molecule has 0 saturated heterocycles. The maximum absolute atomic E-state index is 13.1. The first-order chi connectivity index (χ1) is 13.1. The smallest absolute Gasteiger partial charge is 0.247 e. The second-order valence-corrected chi connectivity index (χ2v) is 6.70. The lowest BCUT2D eigenvalue weighted by Crippen LogP contribution is -2.25. The Morgan fingerprint density at radius 3 is 2.48 bits per heavy atom. The summed E-state index contributed by atoms with van der Waals surface area (Å²) >= 11 is 0. The number of furan rings is 1. The van der Waals surface area contributed by atoms with E-state index in [1.165, 1.54) is 0 Å². The monoisotopic (exact) mass is 359 g/mol. The third kappa shape index (κ3) is 3.01. The molecule has 1 atom stereocenters. The lowest BCUT2D eigenvalue weighted by molar-refractivity contribution is -0.118. The molecule has 0 bridgehead atoms. The van der Waals surface area contributed by atoms with Crippen LogP contribution in [0.5, 0.6) is 0 Å². The molecule has 4 rings (SSSR count). The molecule has 1 amide bonds. The van der Waals surface area contributed by atoms with Gasteiger partial charge >= 0.3 is 0 Å². The number of para-hydroxylation sites is 3. The van der Waals surface area contributed by atoms with Crippen molar-refractivity contribution in [3.05, 3.63) is 72.0 Å². The number of benzene rings is 2. The Morgan fingerprint density at radius 1 is 1.04 bits per heavy atom. The highest BCUT2D eigenvalue weighted by atomic mass is 16.3. The molecule has 0 fully saturated rings. The number of hydrogen-bond donors (Lipinski definition) is 1. The lowest BCUT2D eigenvalue weighted by atomic mass is 10.1. The topological polar surface area (TPSA) is 60.1 Å². The summed E-state index contributed by atoms with van der Waals surface area (Å²) in [5.74, 6) is 1.19. The predicted molar refractivity (Wildman–Crippen MR) is 107 cm³/mol. The van der Waals surface area contributed by atoms with Crippen molar-refractivity contribution in [2.45, 2.75) is 26.8 Å². The molecule has 136 valence electrons. The van der Waals surface area contributed by atoms with Crippen molar-refractivity contribution >= 4 is 22.6 Å². The van der Waals surface area contributed by atoms with E-state index in [9.17, 15) is 4.79 Å². The highest BCUT2D eigenvalue weighted by molar-refractivity contribution is 5.96. The van der Waals surface area contributed by atoms with Crippen molar-refractivity contribution in [1.82, 2.24) is 9.55 Å². The molecular weight excluding hydrogens is 338 g/mol.